The Morgan fingerprint density at radius 2 is 2.11 bits per heavy atom. The van der Waals surface area contributed by atoms with E-state index < -0.39 is 0 Å². The summed E-state index contributed by atoms with van der Waals surface area (Å²) in [6, 6.07) is 0. The molecule has 0 aliphatic carbocycles. The van der Waals surface area contributed by atoms with Gasteiger partial charge in [0, 0.05) is 0 Å². The van der Waals surface area contributed by atoms with Gasteiger partial charge in [-0.25, -0.2) is 0 Å². The van der Waals surface area contributed by atoms with Crippen LogP contribution in [0, 0.1) is 5.92 Å². The lowest BCUT2D eigenvalue weighted by Crippen LogP contribution is -2.12. The van der Waals surface area contributed by atoms with Gasteiger partial charge in [-0.05, 0) is 25.7 Å². The zero-order valence-corrected chi connectivity index (χ0v) is 6.30. The summed E-state index contributed by atoms with van der Waals surface area (Å²) in [6.07, 6.45) is 3.76. The van der Waals surface area contributed by atoms with Gasteiger partial charge < -0.3 is 5.11 Å². The zero-order chi connectivity index (χ0) is 7.28. The highest BCUT2D eigenvalue weighted by Crippen LogP contribution is 2.09. The van der Waals surface area contributed by atoms with E-state index in [9.17, 15) is 0 Å². The molecule has 1 heteroatoms. The van der Waals surface area contributed by atoms with E-state index in [1.807, 2.05) is 19.9 Å². The van der Waals surface area contributed by atoms with Crippen molar-refractivity contribution < 1.29 is 5.11 Å². The molecule has 9 heavy (non-hydrogen) atoms. The van der Waals surface area contributed by atoms with Gasteiger partial charge in [0.15, 0.2) is 0 Å². The molecule has 0 fully saturated rings. The molecule has 2 atom stereocenters. The summed E-state index contributed by atoms with van der Waals surface area (Å²) >= 11 is 0. The van der Waals surface area contributed by atoms with E-state index in [0.717, 1.165) is 12.8 Å². The van der Waals surface area contributed by atoms with Crippen LogP contribution in [0.25, 0.3) is 0 Å². The smallest absolute Gasteiger partial charge is 0.0537 e. The number of rotatable bonds is 4. The molecule has 0 bridgehead atoms. The fraction of sp³-hybridized carbons (Fsp3) is 0.750. The summed E-state index contributed by atoms with van der Waals surface area (Å²) in [5.74, 6) is 0.406. The zero-order valence-electron chi connectivity index (χ0n) is 6.30. The summed E-state index contributed by atoms with van der Waals surface area (Å²) in [7, 11) is 0. The lowest BCUT2D eigenvalue weighted by atomic mass is 10.0. The van der Waals surface area contributed by atoms with Crippen LogP contribution in [0.1, 0.15) is 26.7 Å². The van der Waals surface area contributed by atoms with Crippen LogP contribution in [0.3, 0.4) is 0 Å². The minimum Gasteiger partial charge on any atom is -0.393 e. The summed E-state index contributed by atoms with van der Waals surface area (Å²) in [5, 5.41) is 9.01. The van der Waals surface area contributed by atoms with Crippen molar-refractivity contribution in [1.82, 2.24) is 0 Å². The van der Waals surface area contributed by atoms with Crippen molar-refractivity contribution in [2.75, 3.05) is 0 Å². The Morgan fingerprint density at radius 1 is 1.56 bits per heavy atom. The van der Waals surface area contributed by atoms with E-state index in [-0.39, 0.29) is 6.10 Å². The number of aliphatic hydroxyl groups excluding tert-OH is 1. The summed E-state index contributed by atoms with van der Waals surface area (Å²) in [4.78, 5) is 0. The second kappa shape index (κ2) is 4.57. The predicted octanol–water partition coefficient (Wildman–Crippen LogP) is 1.97. The lowest BCUT2D eigenvalue weighted by molar-refractivity contribution is 0.131. The first-order valence-corrected chi connectivity index (χ1v) is 3.47. The molecule has 0 aromatic rings. The molecule has 0 saturated heterocycles. The summed E-state index contributed by atoms with van der Waals surface area (Å²) in [5.41, 5.74) is 0. The minimum atomic E-state index is -0.176. The van der Waals surface area contributed by atoms with Crippen molar-refractivity contribution in [3.63, 3.8) is 0 Å². The van der Waals surface area contributed by atoms with E-state index in [2.05, 4.69) is 6.58 Å². The molecule has 0 aromatic carbocycles. The van der Waals surface area contributed by atoms with Crippen LogP contribution >= 0.6 is 0 Å². The van der Waals surface area contributed by atoms with Crippen molar-refractivity contribution in [1.29, 1.82) is 0 Å². The first-order valence-electron chi connectivity index (χ1n) is 3.47. The van der Waals surface area contributed by atoms with E-state index in [1.54, 1.807) is 0 Å². The van der Waals surface area contributed by atoms with E-state index >= 15 is 0 Å². The monoisotopic (exact) mass is 128 g/mol. The molecule has 0 radical (unpaired) electrons. The van der Waals surface area contributed by atoms with Crippen LogP contribution in [-0.2, 0) is 0 Å². The molecule has 54 valence electrons. The molecule has 0 aliphatic rings. The van der Waals surface area contributed by atoms with E-state index in [4.69, 9.17) is 5.11 Å². The molecule has 2 unspecified atom stereocenters. The highest BCUT2D eigenvalue weighted by Gasteiger charge is 2.05. The molecule has 0 saturated carbocycles. The topological polar surface area (TPSA) is 20.2 Å². The molecular formula is C8H16O. The van der Waals surface area contributed by atoms with Crippen molar-refractivity contribution in [2.45, 2.75) is 32.8 Å². The predicted molar refractivity (Wildman–Crippen MR) is 40.3 cm³/mol. The van der Waals surface area contributed by atoms with Gasteiger partial charge in [0.05, 0.1) is 6.10 Å². The molecule has 1 nitrogen and oxygen atoms in total. The largest absolute Gasteiger partial charge is 0.393 e. The Labute approximate surface area is 57.4 Å². The van der Waals surface area contributed by atoms with E-state index in [1.165, 1.54) is 0 Å². The third kappa shape index (κ3) is 4.22. The number of hydrogen-bond donors (Lipinski definition) is 1. The highest BCUT2D eigenvalue weighted by atomic mass is 16.3. The first kappa shape index (κ1) is 8.70. The van der Waals surface area contributed by atoms with Crippen LogP contribution < -0.4 is 0 Å². The minimum absolute atomic E-state index is 0.176. The average molecular weight is 128 g/mol. The maximum absolute atomic E-state index is 9.01. The normalized spacial score (nSPS) is 16.8. The van der Waals surface area contributed by atoms with Gasteiger partial charge in [0.1, 0.15) is 0 Å². The van der Waals surface area contributed by atoms with Gasteiger partial charge >= 0.3 is 0 Å². The molecule has 0 heterocycles. The molecule has 0 aromatic heterocycles. The molecule has 0 spiro atoms. The van der Waals surface area contributed by atoms with Gasteiger partial charge in [0.25, 0.3) is 0 Å². The van der Waals surface area contributed by atoms with Crippen LogP contribution in [-0.4, -0.2) is 11.2 Å². The van der Waals surface area contributed by atoms with Crippen molar-refractivity contribution in [3.05, 3.63) is 12.7 Å². The molecule has 0 rings (SSSR count). The Morgan fingerprint density at radius 3 is 2.44 bits per heavy atom. The van der Waals surface area contributed by atoms with Crippen molar-refractivity contribution >= 4 is 0 Å². The second-order valence-electron chi connectivity index (χ2n) is 2.58. The second-order valence-corrected chi connectivity index (χ2v) is 2.58. The standard InChI is InChI=1S/C8H16O/c1-4-5-6-7(2)8(3)9/h4,7-9H,1,5-6H2,2-3H3. The molecular weight excluding hydrogens is 112 g/mol. The first-order chi connectivity index (χ1) is 4.18. The average Bonchev–Trinajstić information content (AvgIpc) is 1.82. The molecule has 0 aliphatic heterocycles. The maximum atomic E-state index is 9.01. The fourth-order valence-corrected chi connectivity index (χ4v) is 0.622. The van der Waals surface area contributed by atoms with Gasteiger partial charge in [-0.1, -0.05) is 13.0 Å². The number of aliphatic hydroxyl groups is 1. The quantitative estimate of drug-likeness (QED) is 0.574. The van der Waals surface area contributed by atoms with Crippen LogP contribution in [0.4, 0.5) is 0 Å². The van der Waals surface area contributed by atoms with E-state index in [0.29, 0.717) is 5.92 Å². The third-order valence-electron chi connectivity index (χ3n) is 1.65. The third-order valence-corrected chi connectivity index (χ3v) is 1.65. The highest BCUT2D eigenvalue weighted by molar-refractivity contribution is 4.69. The Balaban J connectivity index is 3.26. The number of hydrogen-bond acceptors (Lipinski definition) is 1. The van der Waals surface area contributed by atoms with Gasteiger partial charge in [-0.3, -0.25) is 0 Å². The van der Waals surface area contributed by atoms with Gasteiger partial charge in [-0.2, -0.15) is 0 Å². The maximum Gasteiger partial charge on any atom is 0.0537 e. The van der Waals surface area contributed by atoms with Crippen molar-refractivity contribution in [2.24, 2.45) is 5.92 Å². The fourth-order valence-electron chi connectivity index (χ4n) is 0.622. The Kier molecular flexibility index (Phi) is 4.41. The van der Waals surface area contributed by atoms with Crippen LogP contribution in [0.15, 0.2) is 12.7 Å². The Hall–Kier alpha value is -0.300. The summed E-state index contributed by atoms with van der Waals surface area (Å²) in [6.45, 7) is 7.49. The SMILES string of the molecule is C=CCCC(C)C(C)O. The summed E-state index contributed by atoms with van der Waals surface area (Å²) < 4.78 is 0. The van der Waals surface area contributed by atoms with Crippen molar-refractivity contribution in [3.8, 4) is 0 Å². The van der Waals surface area contributed by atoms with Gasteiger partial charge in [0.2, 0.25) is 0 Å². The van der Waals surface area contributed by atoms with Crippen LogP contribution in [0.2, 0.25) is 0 Å². The molecule has 0 amide bonds. The van der Waals surface area contributed by atoms with Crippen LogP contribution in [0.5, 0.6) is 0 Å². The number of allylic oxidation sites excluding steroid dienone is 1. The lowest BCUT2D eigenvalue weighted by Gasteiger charge is -2.11. The van der Waals surface area contributed by atoms with Gasteiger partial charge in [-0.15, -0.1) is 6.58 Å². The Bertz CT molecular complexity index is 76.6. The molecule has 1 N–H and O–H groups in total.